The van der Waals surface area contributed by atoms with E-state index in [0.29, 0.717) is 45.6 Å². The van der Waals surface area contributed by atoms with Gasteiger partial charge < -0.3 is 33.8 Å². The molecule has 0 aliphatic rings. The van der Waals surface area contributed by atoms with E-state index in [4.69, 9.17) is 23.7 Å². The van der Waals surface area contributed by atoms with Gasteiger partial charge >= 0.3 is 0 Å². The summed E-state index contributed by atoms with van der Waals surface area (Å²) in [5.41, 5.74) is 0. The van der Waals surface area contributed by atoms with Crippen molar-refractivity contribution in [2.75, 3.05) is 73.1 Å². The Labute approximate surface area is 153 Å². The molecular formula is C18H39NO6. The zero-order chi connectivity index (χ0) is 19.2. The standard InChI is InChI=1S/C13H29NO4.C5H10O2/c1-13(2)12-18-11-10-17-9-8-16-7-6-15-5-4-14-3;1-5(2)7-4-3-6/h13-14H,4-12H2,1-3H3;3,5H,4H2,1-2H3. The molecule has 1 N–H and O–H groups in total. The van der Waals surface area contributed by atoms with Crippen LogP contribution in [-0.2, 0) is 28.5 Å². The molecule has 0 amide bonds. The Bertz CT molecular complexity index is 252. The summed E-state index contributed by atoms with van der Waals surface area (Å²) in [5.74, 6) is 0.580. The molecule has 152 valence electrons. The monoisotopic (exact) mass is 365 g/mol. The van der Waals surface area contributed by atoms with Gasteiger partial charge in [-0.15, -0.1) is 0 Å². The molecular weight excluding hydrogens is 326 g/mol. The van der Waals surface area contributed by atoms with Crippen molar-refractivity contribution in [3.8, 4) is 0 Å². The minimum Gasteiger partial charge on any atom is -0.379 e. The summed E-state index contributed by atoms with van der Waals surface area (Å²) in [4.78, 5) is 9.58. The van der Waals surface area contributed by atoms with Crippen LogP contribution in [0.2, 0.25) is 0 Å². The molecule has 0 heterocycles. The summed E-state index contributed by atoms with van der Waals surface area (Å²) < 4.78 is 26.2. The van der Waals surface area contributed by atoms with Gasteiger partial charge in [0.05, 0.1) is 52.4 Å². The highest BCUT2D eigenvalue weighted by Gasteiger charge is 1.94. The van der Waals surface area contributed by atoms with Crippen LogP contribution in [0.15, 0.2) is 0 Å². The molecule has 0 radical (unpaired) electrons. The Morgan fingerprint density at radius 1 is 0.800 bits per heavy atom. The maximum absolute atomic E-state index is 9.58. The van der Waals surface area contributed by atoms with Gasteiger partial charge in [0.1, 0.15) is 12.9 Å². The molecule has 0 atom stereocenters. The highest BCUT2D eigenvalue weighted by Crippen LogP contribution is 1.91. The van der Waals surface area contributed by atoms with Crippen LogP contribution in [0.1, 0.15) is 27.7 Å². The second-order valence-corrected chi connectivity index (χ2v) is 5.96. The highest BCUT2D eigenvalue weighted by atomic mass is 16.6. The Morgan fingerprint density at radius 2 is 1.28 bits per heavy atom. The van der Waals surface area contributed by atoms with E-state index in [-0.39, 0.29) is 12.7 Å². The third kappa shape index (κ3) is 31.7. The first-order valence-corrected chi connectivity index (χ1v) is 9.05. The molecule has 0 aliphatic heterocycles. The molecule has 0 saturated carbocycles. The van der Waals surface area contributed by atoms with E-state index in [9.17, 15) is 4.79 Å². The second kappa shape index (κ2) is 23.4. The average Bonchev–Trinajstić information content (AvgIpc) is 2.57. The molecule has 0 aromatic rings. The smallest absolute Gasteiger partial charge is 0.145 e. The summed E-state index contributed by atoms with van der Waals surface area (Å²) in [6.45, 7) is 14.4. The van der Waals surface area contributed by atoms with Crippen molar-refractivity contribution >= 4 is 6.29 Å². The molecule has 0 saturated heterocycles. The van der Waals surface area contributed by atoms with Crippen LogP contribution in [0.5, 0.6) is 0 Å². The van der Waals surface area contributed by atoms with Gasteiger partial charge in [-0.3, -0.25) is 0 Å². The fraction of sp³-hybridized carbons (Fsp3) is 0.944. The second-order valence-electron chi connectivity index (χ2n) is 5.96. The number of rotatable bonds is 17. The van der Waals surface area contributed by atoms with E-state index < -0.39 is 0 Å². The zero-order valence-corrected chi connectivity index (χ0v) is 16.8. The molecule has 0 bridgehead atoms. The van der Waals surface area contributed by atoms with Gasteiger partial charge in [0, 0.05) is 13.2 Å². The normalized spacial score (nSPS) is 10.8. The van der Waals surface area contributed by atoms with Crippen molar-refractivity contribution < 1.29 is 28.5 Å². The number of ether oxygens (including phenoxy) is 5. The van der Waals surface area contributed by atoms with E-state index in [0.717, 1.165) is 26.0 Å². The van der Waals surface area contributed by atoms with E-state index in [2.05, 4.69) is 19.2 Å². The number of aldehydes is 1. The third-order valence-electron chi connectivity index (χ3n) is 2.56. The number of likely N-dealkylation sites (N-methyl/N-ethyl adjacent to an activating group) is 1. The van der Waals surface area contributed by atoms with Gasteiger partial charge in [0.15, 0.2) is 0 Å². The number of carbonyl (C=O) groups excluding carboxylic acids is 1. The molecule has 0 spiro atoms. The van der Waals surface area contributed by atoms with Crippen LogP contribution in [0.25, 0.3) is 0 Å². The topological polar surface area (TPSA) is 75.3 Å². The first-order valence-electron chi connectivity index (χ1n) is 9.05. The van der Waals surface area contributed by atoms with Gasteiger partial charge in [0.2, 0.25) is 0 Å². The Balaban J connectivity index is 0. The lowest BCUT2D eigenvalue weighted by Gasteiger charge is -2.08. The quantitative estimate of drug-likeness (QED) is 0.309. The summed E-state index contributed by atoms with van der Waals surface area (Å²) in [7, 11) is 1.90. The van der Waals surface area contributed by atoms with Gasteiger partial charge in [-0.25, -0.2) is 0 Å². The van der Waals surface area contributed by atoms with Crippen molar-refractivity contribution in [1.82, 2.24) is 5.32 Å². The highest BCUT2D eigenvalue weighted by molar-refractivity contribution is 5.50. The Hall–Kier alpha value is -0.570. The van der Waals surface area contributed by atoms with Crippen molar-refractivity contribution in [3.63, 3.8) is 0 Å². The van der Waals surface area contributed by atoms with E-state index in [1.54, 1.807) is 0 Å². The lowest BCUT2D eigenvalue weighted by Crippen LogP contribution is -2.17. The SMILES string of the molecule is CC(C)OCC=O.CNCCOCCOCCOCCOCC(C)C. The third-order valence-corrected chi connectivity index (χ3v) is 2.56. The minimum absolute atomic E-state index is 0.171. The predicted molar refractivity (Wildman–Crippen MR) is 99.2 cm³/mol. The first kappa shape index (κ1) is 26.7. The first-order chi connectivity index (χ1) is 12.0. The molecule has 7 heteroatoms. The Morgan fingerprint density at radius 3 is 1.64 bits per heavy atom. The summed E-state index contributed by atoms with van der Waals surface area (Å²) in [5, 5.41) is 3.01. The maximum atomic E-state index is 9.58. The van der Waals surface area contributed by atoms with Gasteiger partial charge in [-0.2, -0.15) is 0 Å². The van der Waals surface area contributed by atoms with Gasteiger partial charge in [0.25, 0.3) is 0 Å². The average molecular weight is 366 g/mol. The van der Waals surface area contributed by atoms with Crippen molar-refractivity contribution in [3.05, 3.63) is 0 Å². The van der Waals surface area contributed by atoms with Crippen LogP contribution in [-0.4, -0.2) is 85.4 Å². The summed E-state index contributed by atoms with van der Waals surface area (Å²) >= 11 is 0. The lowest BCUT2D eigenvalue weighted by molar-refractivity contribution is -0.113. The number of carbonyl (C=O) groups is 1. The van der Waals surface area contributed by atoms with Gasteiger partial charge in [-0.05, 0) is 26.8 Å². The fourth-order valence-electron chi connectivity index (χ4n) is 1.38. The van der Waals surface area contributed by atoms with Crippen LogP contribution in [0, 0.1) is 5.92 Å². The molecule has 25 heavy (non-hydrogen) atoms. The fourth-order valence-corrected chi connectivity index (χ4v) is 1.38. The molecule has 0 aliphatic carbocycles. The van der Waals surface area contributed by atoms with Crippen LogP contribution in [0.3, 0.4) is 0 Å². The van der Waals surface area contributed by atoms with Crippen molar-refractivity contribution in [2.24, 2.45) is 5.92 Å². The lowest BCUT2D eigenvalue weighted by atomic mass is 10.2. The number of hydrogen-bond acceptors (Lipinski definition) is 7. The molecule has 0 unspecified atom stereocenters. The van der Waals surface area contributed by atoms with Crippen LogP contribution < -0.4 is 5.32 Å². The van der Waals surface area contributed by atoms with Crippen molar-refractivity contribution in [1.29, 1.82) is 0 Å². The molecule has 0 aromatic carbocycles. The van der Waals surface area contributed by atoms with E-state index >= 15 is 0 Å². The van der Waals surface area contributed by atoms with Crippen LogP contribution in [0.4, 0.5) is 0 Å². The Kier molecular flexibility index (Phi) is 25.0. The number of hydrogen-bond donors (Lipinski definition) is 1. The maximum Gasteiger partial charge on any atom is 0.145 e. The van der Waals surface area contributed by atoms with Crippen LogP contribution >= 0.6 is 0 Å². The minimum atomic E-state index is 0.171. The zero-order valence-electron chi connectivity index (χ0n) is 16.8. The molecule has 0 aromatic heterocycles. The van der Waals surface area contributed by atoms with E-state index in [1.165, 1.54) is 0 Å². The predicted octanol–water partition coefficient (Wildman–Crippen LogP) is 1.54. The number of nitrogens with one attached hydrogen (secondary N) is 1. The summed E-state index contributed by atoms with van der Waals surface area (Å²) in [6, 6.07) is 0. The largest absolute Gasteiger partial charge is 0.379 e. The molecule has 7 nitrogen and oxygen atoms in total. The molecule has 0 rings (SSSR count). The summed E-state index contributed by atoms with van der Waals surface area (Å²) in [6.07, 6.45) is 0.921. The van der Waals surface area contributed by atoms with Gasteiger partial charge in [-0.1, -0.05) is 13.8 Å². The molecule has 0 fully saturated rings. The van der Waals surface area contributed by atoms with Crippen molar-refractivity contribution in [2.45, 2.75) is 33.8 Å². The van der Waals surface area contributed by atoms with E-state index in [1.807, 2.05) is 20.9 Å².